The van der Waals surface area contributed by atoms with Crippen molar-refractivity contribution in [2.75, 3.05) is 0 Å². The van der Waals surface area contributed by atoms with E-state index < -0.39 is 16.0 Å². The fraction of sp³-hybridized carbons (Fsp3) is 0.462. The molecule has 5 nitrogen and oxygen atoms in total. The molecule has 0 bridgehead atoms. The number of carboxylic acids is 1. The van der Waals surface area contributed by atoms with Crippen LogP contribution in [0.15, 0.2) is 23.1 Å². The summed E-state index contributed by atoms with van der Waals surface area (Å²) < 4.78 is 27.1. The van der Waals surface area contributed by atoms with Gasteiger partial charge in [0.05, 0.1) is 10.5 Å². The van der Waals surface area contributed by atoms with Gasteiger partial charge in [0.25, 0.3) is 0 Å². The molecule has 106 valence electrons. The molecule has 1 aromatic rings. The highest BCUT2D eigenvalue weighted by Crippen LogP contribution is 2.18. The summed E-state index contributed by atoms with van der Waals surface area (Å²) in [5, 5.41) is 8.92. The van der Waals surface area contributed by atoms with Crippen LogP contribution in [-0.2, 0) is 10.0 Å². The number of hydrogen-bond acceptors (Lipinski definition) is 3. The standard InChI is InChI=1S/C13H19NO4S/c1-4-11(5-2)14-19(17,18)12-8-10(13(15)16)7-6-9(12)3/h6-8,11,14H,4-5H2,1-3H3,(H,15,16). The van der Waals surface area contributed by atoms with Crippen molar-refractivity contribution >= 4 is 16.0 Å². The Kier molecular flexibility index (Phi) is 5.08. The molecule has 1 aromatic carbocycles. The van der Waals surface area contributed by atoms with Gasteiger partial charge in [-0.2, -0.15) is 0 Å². The first-order valence-electron chi connectivity index (χ1n) is 6.18. The van der Waals surface area contributed by atoms with Gasteiger partial charge >= 0.3 is 5.97 Å². The van der Waals surface area contributed by atoms with Gasteiger partial charge in [-0.25, -0.2) is 17.9 Å². The minimum absolute atomic E-state index is 0.0271. The van der Waals surface area contributed by atoms with Crippen molar-refractivity contribution in [2.45, 2.75) is 44.6 Å². The van der Waals surface area contributed by atoms with Crippen LogP contribution in [0.3, 0.4) is 0 Å². The number of nitrogens with one attached hydrogen (secondary N) is 1. The largest absolute Gasteiger partial charge is 0.478 e. The van der Waals surface area contributed by atoms with Crippen LogP contribution >= 0.6 is 0 Å². The van der Waals surface area contributed by atoms with Gasteiger partial charge in [-0.1, -0.05) is 19.9 Å². The highest BCUT2D eigenvalue weighted by molar-refractivity contribution is 7.89. The van der Waals surface area contributed by atoms with E-state index in [1.165, 1.54) is 18.2 Å². The third-order valence-corrected chi connectivity index (χ3v) is 4.69. The molecule has 2 N–H and O–H groups in total. The normalized spacial score (nSPS) is 11.8. The van der Waals surface area contributed by atoms with Crippen molar-refractivity contribution < 1.29 is 18.3 Å². The lowest BCUT2D eigenvalue weighted by Crippen LogP contribution is -2.34. The van der Waals surface area contributed by atoms with E-state index in [0.717, 1.165) is 0 Å². The van der Waals surface area contributed by atoms with E-state index in [1.807, 2.05) is 13.8 Å². The first kappa shape index (κ1) is 15.7. The molecular weight excluding hydrogens is 266 g/mol. The molecule has 0 radical (unpaired) electrons. The summed E-state index contributed by atoms with van der Waals surface area (Å²) in [5.74, 6) is -1.14. The Labute approximate surface area is 113 Å². The molecule has 6 heteroatoms. The van der Waals surface area contributed by atoms with Gasteiger partial charge in [0.1, 0.15) is 0 Å². The van der Waals surface area contributed by atoms with Crippen LogP contribution < -0.4 is 4.72 Å². The van der Waals surface area contributed by atoms with Gasteiger partial charge < -0.3 is 5.11 Å². The predicted molar refractivity (Wildman–Crippen MR) is 72.8 cm³/mol. The monoisotopic (exact) mass is 285 g/mol. The molecule has 0 heterocycles. The quantitative estimate of drug-likeness (QED) is 0.839. The van der Waals surface area contributed by atoms with E-state index in [4.69, 9.17) is 5.11 Å². The number of sulfonamides is 1. The molecule has 0 spiro atoms. The second-order valence-corrected chi connectivity index (χ2v) is 6.10. The maximum atomic E-state index is 12.3. The summed E-state index contributed by atoms with van der Waals surface area (Å²) in [4.78, 5) is 10.9. The van der Waals surface area contributed by atoms with Gasteiger partial charge in [0.15, 0.2) is 0 Å². The molecule has 0 aliphatic carbocycles. The molecule has 1 rings (SSSR count). The summed E-state index contributed by atoms with van der Waals surface area (Å²) in [6.45, 7) is 5.45. The minimum atomic E-state index is -3.68. The molecule has 0 amide bonds. The van der Waals surface area contributed by atoms with Gasteiger partial charge in [0, 0.05) is 6.04 Å². The first-order valence-corrected chi connectivity index (χ1v) is 7.66. The molecule has 0 saturated heterocycles. The maximum absolute atomic E-state index is 12.3. The maximum Gasteiger partial charge on any atom is 0.335 e. The Morgan fingerprint density at radius 3 is 2.37 bits per heavy atom. The summed E-state index contributed by atoms with van der Waals surface area (Å²) in [6, 6.07) is 3.96. The van der Waals surface area contributed by atoms with E-state index in [2.05, 4.69) is 4.72 Å². The third-order valence-electron chi connectivity index (χ3n) is 3.03. The van der Waals surface area contributed by atoms with E-state index in [1.54, 1.807) is 6.92 Å². The fourth-order valence-electron chi connectivity index (χ4n) is 1.76. The average Bonchev–Trinajstić information content (AvgIpc) is 2.35. The lowest BCUT2D eigenvalue weighted by Gasteiger charge is -2.16. The van der Waals surface area contributed by atoms with E-state index in [-0.39, 0.29) is 16.5 Å². The zero-order chi connectivity index (χ0) is 14.6. The van der Waals surface area contributed by atoms with Crippen LogP contribution in [0.2, 0.25) is 0 Å². The Hall–Kier alpha value is -1.40. The smallest absolute Gasteiger partial charge is 0.335 e. The Bertz CT molecular complexity index is 562. The van der Waals surface area contributed by atoms with Crippen molar-refractivity contribution in [2.24, 2.45) is 0 Å². The zero-order valence-electron chi connectivity index (χ0n) is 11.3. The number of hydrogen-bond donors (Lipinski definition) is 2. The number of carbonyl (C=O) groups is 1. The second-order valence-electron chi connectivity index (χ2n) is 4.42. The number of aromatic carboxylic acids is 1. The summed E-state index contributed by atoms with van der Waals surface area (Å²) in [7, 11) is -3.68. The second kappa shape index (κ2) is 6.16. The highest BCUT2D eigenvalue weighted by Gasteiger charge is 2.21. The number of carboxylic acid groups (broad SMARTS) is 1. The summed E-state index contributed by atoms with van der Waals surface area (Å²) in [5.41, 5.74) is 0.499. The molecular formula is C13H19NO4S. The third kappa shape index (κ3) is 3.78. The van der Waals surface area contributed by atoms with Crippen LogP contribution in [0, 0.1) is 6.92 Å². The number of aryl methyl sites for hydroxylation is 1. The van der Waals surface area contributed by atoms with Gasteiger partial charge in [0.2, 0.25) is 10.0 Å². The van der Waals surface area contributed by atoms with Gasteiger partial charge in [-0.3, -0.25) is 0 Å². The molecule has 0 saturated carbocycles. The van der Waals surface area contributed by atoms with Crippen molar-refractivity contribution in [3.8, 4) is 0 Å². The van der Waals surface area contributed by atoms with Gasteiger partial charge in [-0.05, 0) is 37.5 Å². The molecule has 0 unspecified atom stereocenters. The lowest BCUT2D eigenvalue weighted by molar-refractivity contribution is 0.0696. The number of benzene rings is 1. The Morgan fingerprint density at radius 1 is 1.32 bits per heavy atom. The van der Waals surface area contributed by atoms with Crippen LogP contribution in [0.4, 0.5) is 0 Å². The number of rotatable bonds is 6. The van der Waals surface area contributed by atoms with Gasteiger partial charge in [-0.15, -0.1) is 0 Å². The van der Waals surface area contributed by atoms with E-state index in [9.17, 15) is 13.2 Å². The van der Waals surface area contributed by atoms with Crippen LogP contribution in [0.25, 0.3) is 0 Å². The molecule has 0 aliphatic rings. The van der Waals surface area contributed by atoms with Crippen molar-refractivity contribution in [3.63, 3.8) is 0 Å². The van der Waals surface area contributed by atoms with Crippen LogP contribution in [0.1, 0.15) is 42.6 Å². The Balaban J connectivity index is 3.20. The molecule has 0 fully saturated rings. The molecule has 19 heavy (non-hydrogen) atoms. The van der Waals surface area contributed by atoms with Crippen molar-refractivity contribution in [1.82, 2.24) is 4.72 Å². The summed E-state index contributed by atoms with van der Waals surface area (Å²) in [6.07, 6.45) is 1.38. The average molecular weight is 285 g/mol. The fourth-order valence-corrected chi connectivity index (χ4v) is 3.43. The van der Waals surface area contributed by atoms with E-state index >= 15 is 0 Å². The predicted octanol–water partition coefficient (Wildman–Crippen LogP) is 2.16. The highest BCUT2D eigenvalue weighted by atomic mass is 32.2. The molecule has 0 aliphatic heterocycles. The zero-order valence-corrected chi connectivity index (χ0v) is 12.1. The molecule has 0 aromatic heterocycles. The van der Waals surface area contributed by atoms with Crippen LogP contribution in [-0.4, -0.2) is 25.5 Å². The molecule has 0 atom stereocenters. The van der Waals surface area contributed by atoms with E-state index in [0.29, 0.717) is 18.4 Å². The lowest BCUT2D eigenvalue weighted by atomic mass is 10.1. The first-order chi connectivity index (χ1) is 8.81. The van der Waals surface area contributed by atoms with Crippen LogP contribution in [0.5, 0.6) is 0 Å². The SMILES string of the molecule is CCC(CC)NS(=O)(=O)c1cc(C(=O)O)ccc1C. The topological polar surface area (TPSA) is 83.5 Å². The summed E-state index contributed by atoms with van der Waals surface area (Å²) >= 11 is 0. The van der Waals surface area contributed by atoms with Crippen molar-refractivity contribution in [3.05, 3.63) is 29.3 Å². The minimum Gasteiger partial charge on any atom is -0.478 e. The van der Waals surface area contributed by atoms with Crippen molar-refractivity contribution in [1.29, 1.82) is 0 Å². The Morgan fingerprint density at radius 2 is 1.89 bits per heavy atom.